The number of hydrogen-bond acceptors (Lipinski definition) is 3. The summed E-state index contributed by atoms with van der Waals surface area (Å²) in [6, 6.07) is 8.19. The number of benzene rings is 1. The summed E-state index contributed by atoms with van der Waals surface area (Å²) in [6.45, 7) is 0. The molecule has 0 saturated heterocycles. The Morgan fingerprint density at radius 2 is 2.12 bits per heavy atom. The molecule has 0 bridgehead atoms. The van der Waals surface area contributed by atoms with E-state index in [0.29, 0.717) is 11.8 Å². The van der Waals surface area contributed by atoms with Crippen molar-refractivity contribution in [3.05, 3.63) is 24.3 Å². The van der Waals surface area contributed by atoms with Gasteiger partial charge in [0.15, 0.2) is 0 Å². The maximum Gasteiger partial charge on any atom is 0.230 e. The van der Waals surface area contributed by atoms with Crippen LogP contribution in [0.2, 0.25) is 0 Å². The molecule has 1 N–H and O–H groups in total. The number of amides is 1. The normalized spacial score (nSPS) is 14.6. The molecule has 0 aliphatic heterocycles. The van der Waals surface area contributed by atoms with E-state index in [1.807, 2.05) is 24.3 Å². The van der Waals surface area contributed by atoms with E-state index >= 15 is 0 Å². The highest BCUT2D eigenvalue weighted by molar-refractivity contribution is 8.00. The number of carbonyl (C=O) groups is 1. The van der Waals surface area contributed by atoms with Gasteiger partial charge < -0.3 is 10.1 Å². The van der Waals surface area contributed by atoms with Gasteiger partial charge in [-0.2, -0.15) is 0 Å². The van der Waals surface area contributed by atoms with Crippen LogP contribution < -0.4 is 10.1 Å². The van der Waals surface area contributed by atoms with Crippen LogP contribution in [0.3, 0.4) is 0 Å². The standard InChI is InChI=1S/C12H15NO2S/c1-15-10-4-6-11(7-5-10)16-8-12(14)13-9-2-3-9/h4-7,9H,2-3,8H2,1H3,(H,13,14). The Hall–Kier alpha value is -1.16. The maximum atomic E-state index is 11.4. The Kier molecular flexibility index (Phi) is 3.72. The lowest BCUT2D eigenvalue weighted by Gasteiger charge is -2.04. The molecule has 0 spiro atoms. The number of hydrogen-bond donors (Lipinski definition) is 1. The molecule has 1 aliphatic rings. The van der Waals surface area contributed by atoms with Gasteiger partial charge in [0.2, 0.25) is 5.91 Å². The largest absolute Gasteiger partial charge is 0.497 e. The molecule has 1 fully saturated rings. The van der Waals surface area contributed by atoms with E-state index in [-0.39, 0.29) is 5.91 Å². The molecule has 0 heterocycles. The van der Waals surface area contributed by atoms with E-state index in [1.54, 1.807) is 18.9 Å². The maximum absolute atomic E-state index is 11.4. The third-order valence-electron chi connectivity index (χ3n) is 2.37. The Labute approximate surface area is 99.6 Å². The first-order valence-corrected chi connectivity index (χ1v) is 6.32. The van der Waals surface area contributed by atoms with Gasteiger partial charge in [0, 0.05) is 10.9 Å². The van der Waals surface area contributed by atoms with Crippen LogP contribution in [0.1, 0.15) is 12.8 Å². The fourth-order valence-electron chi connectivity index (χ4n) is 1.32. The average molecular weight is 237 g/mol. The highest BCUT2D eigenvalue weighted by Gasteiger charge is 2.22. The smallest absolute Gasteiger partial charge is 0.230 e. The minimum absolute atomic E-state index is 0.128. The number of carbonyl (C=O) groups excluding carboxylic acids is 1. The second-order valence-electron chi connectivity index (χ2n) is 3.81. The monoisotopic (exact) mass is 237 g/mol. The van der Waals surface area contributed by atoms with Gasteiger partial charge in [-0.15, -0.1) is 11.8 Å². The Morgan fingerprint density at radius 3 is 2.69 bits per heavy atom. The highest BCUT2D eigenvalue weighted by Crippen LogP contribution is 2.22. The zero-order valence-electron chi connectivity index (χ0n) is 9.23. The van der Waals surface area contributed by atoms with Crippen LogP contribution in [0.5, 0.6) is 5.75 Å². The summed E-state index contributed by atoms with van der Waals surface area (Å²) in [4.78, 5) is 12.5. The number of rotatable bonds is 5. The quantitative estimate of drug-likeness (QED) is 0.797. The molecule has 1 amide bonds. The third-order valence-corrected chi connectivity index (χ3v) is 3.38. The first-order chi connectivity index (χ1) is 7.78. The van der Waals surface area contributed by atoms with Gasteiger partial charge in [0.25, 0.3) is 0 Å². The number of ether oxygens (including phenoxy) is 1. The predicted octanol–water partition coefficient (Wildman–Crippen LogP) is 2.07. The third kappa shape index (κ3) is 3.45. The van der Waals surface area contributed by atoms with Gasteiger partial charge in [0.05, 0.1) is 12.9 Å². The summed E-state index contributed by atoms with van der Waals surface area (Å²) < 4.78 is 5.07. The lowest BCUT2D eigenvalue weighted by molar-refractivity contribution is -0.118. The van der Waals surface area contributed by atoms with Crippen molar-refractivity contribution >= 4 is 17.7 Å². The molecule has 1 aliphatic carbocycles. The molecule has 86 valence electrons. The zero-order valence-corrected chi connectivity index (χ0v) is 10.0. The van der Waals surface area contributed by atoms with Gasteiger partial charge >= 0.3 is 0 Å². The molecule has 16 heavy (non-hydrogen) atoms. The van der Waals surface area contributed by atoms with Crippen molar-refractivity contribution in [2.75, 3.05) is 12.9 Å². The van der Waals surface area contributed by atoms with Crippen molar-refractivity contribution in [1.82, 2.24) is 5.32 Å². The fraction of sp³-hybridized carbons (Fsp3) is 0.417. The van der Waals surface area contributed by atoms with E-state index in [9.17, 15) is 4.79 Å². The molecule has 0 atom stereocenters. The number of methoxy groups -OCH3 is 1. The van der Waals surface area contributed by atoms with Crippen LogP contribution in [0.15, 0.2) is 29.2 Å². The Balaban J connectivity index is 1.76. The molecule has 0 unspecified atom stereocenters. The van der Waals surface area contributed by atoms with Crippen molar-refractivity contribution < 1.29 is 9.53 Å². The molecular formula is C12H15NO2S. The molecule has 0 aromatic heterocycles. The van der Waals surface area contributed by atoms with Gasteiger partial charge in [-0.25, -0.2) is 0 Å². The topological polar surface area (TPSA) is 38.3 Å². The molecule has 1 aromatic carbocycles. The van der Waals surface area contributed by atoms with Crippen LogP contribution in [-0.2, 0) is 4.79 Å². The highest BCUT2D eigenvalue weighted by atomic mass is 32.2. The minimum Gasteiger partial charge on any atom is -0.497 e. The van der Waals surface area contributed by atoms with Crippen molar-refractivity contribution in [2.45, 2.75) is 23.8 Å². The molecule has 4 heteroatoms. The Bertz CT molecular complexity index is 360. The number of nitrogens with one attached hydrogen (secondary N) is 1. The molecular weight excluding hydrogens is 222 g/mol. The summed E-state index contributed by atoms with van der Waals surface area (Å²) in [7, 11) is 1.64. The van der Waals surface area contributed by atoms with Gasteiger partial charge in [-0.1, -0.05) is 0 Å². The van der Waals surface area contributed by atoms with Crippen LogP contribution >= 0.6 is 11.8 Å². The van der Waals surface area contributed by atoms with E-state index < -0.39 is 0 Å². The first-order valence-electron chi connectivity index (χ1n) is 5.34. The molecule has 2 rings (SSSR count). The molecule has 3 nitrogen and oxygen atoms in total. The van der Waals surface area contributed by atoms with Crippen molar-refractivity contribution in [3.8, 4) is 5.75 Å². The Morgan fingerprint density at radius 1 is 1.44 bits per heavy atom. The van der Waals surface area contributed by atoms with Crippen LogP contribution in [0, 0.1) is 0 Å². The lowest BCUT2D eigenvalue weighted by Crippen LogP contribution is -2.26. The second kappa shape index (κ2) is 5.25. The number of thioether (sulfide) groups is 1. The van der Waals surface area contributed by atoms with Crippen molar-refractivity contribution in [1.29, 1.82) is 0 Å². The fourth-order valence-corrected chi connectivity index (χ4v) is 2.03. The summed E-state index contributed by atoms with van der Waals surface area (Å²) in [5, 5.41) is 2.96. The lowest BCUT2D eigenvalue weighted by atomic mass is 10.3. The zero-order chi connectivity index (χ0) is 11.4. The van der Waals surface area contributed by atoms with Crippen molar-refractivity contribution in [3.63, 3.8) is 0 Å². The summed E-state index contributed by atoms with van der Waals surface area (Å²) >= 11 is 1.55. The molecule has 0 radical (unpaired) electrons. The van der Waals surface area contributed by atoms with E-state index in [2.05, 4.69) is 5.32 Å². The summed E-state index contributed by atoms with van der Waals surface area (Å²) in [6.07, 6.45) is 2.28. The first kappa shape index (κ1) is 11.3. The van der Waals surface area contributed by atoms with Gasteiger partial charge in [-0.05, 0) is 37.1 Å². The summed E-state index contributed by atoms with van der Waals surface area (Å²) in [5.74, 6) is 1.46. The minimum atomic E-state index is 0.128. The van der Waals surface area contributed by atoms with Crippen LogP contribution in [0.25, 0.3) is 0 Å². The predicted molar refractivity (Wildman–Crippen MR) is 64.9 cm³/mol. The SMILES string of the molecule is COc1ccc(SCC(=O)NC2CC2)cc1. The van der Waals surface area contributed by atoms with Gasteiger partial charge in [0.1, 0.15) is 5.75 Å². The molecule has 1 aromatic rings. The van der Waals surface area contributed by atoms with E-state index in [1.165, 1.54) is 0 Å². The molecule has 1 saturated carbocycles. The van der Waals surface area contributed by atoms with Crippen molar-refractivity contribution in [2.24, 2.45) is 0 Å². The van der Waals surface area contributed by atoms with E-state index in [0.717, 1.165) is 23.5 Å². The van der Waals surface area contributed by atoms with Gasteiger partial charge in [-0.3, -0.25) is 4.79 Å². The van der Waals surface area contributed by atoms with E-state index in [4.69, 9.17) is 4.74 Å². The van der Waals surface area contributed by atoms with Crippen LogP contribution in [0.4, 0.5) is 0 Å². The summed E-state index contributed by atoms with van der Waals surface area (Å²) in [5.41, 5.74) is 0. The second-order valence-corrected chi connectivity index (χ2v) is 4.85. The average Bonchev–Trinajstić information content (AvgIpc) is 3.11. The van der Waals surface area contributed by atoms with Crippen LogP contribution in [-0.4, -0.2) is 24.8 Å².